The summed E-state index contributed by atoms with van der Waals surface area (Å²) < 4.78 is 2.05. The summed E-state index contributed by atoms with van der Waals surface area (Å²) in [5.41, 5.74) is 2.07. The molecule has 0 unspecified atom stereocenters. The highest BCUT2D eigenvalue weighted by Crippen LogP contribution is 2.24. The van der Waals surface area contributed by atoms with E-state index in [1.165, 1.54) is 0 Å². The Morgan fingerprint density at radius 2 is 2.11 bits per heavy atom. The second-order valence-electron chi connectivity index (χ2n) is 6.95. The van der Waals surface area contributed by atoms with Crippen LogP contribution in [0.25, 0.3) is 11.3 Å². The number of likely N-dealkylation sites (tertiary alicyclic amines) is 1. The predicted octanol–water partition coefficient (Wildman–Crippen LogP) is 3.06. The zero-order valence-electron chi connectivity index (χ0n) is 15.1. The van der Waals surface area contributed by atoms with Gasteiger partial charge in [0.25, 0.3) is 5.91 Å². The zero-order chi connectivity index (χ0) is 18.6. The van der Waals surface area contributed by atoms with Gasteiger partial charge in [0.05, 0.1) is 12.0 Å². The first-order valence-corrected chi connectivity index (χ1v) is 9.32. The number of amides is 1. The number of aromatic amines is 1. The second kappa shape index (κ2) is 7.65. The predicted molar refractivity (Wildman–Crippen MR) is 101 cm³/mol. The molecule has 27 heavy (non-hydrogen) atoms. The molecule has 7 nitrogen and oxygen atoms in total. The van der Waals surface area contributed by atoms with Crippen LogP contribution in [-0.4, -0.2) is 48.2 Å². The molecule has 3 heterocycles. The Labute approximate surface area is 157 Å². The highest BCUT2D eigenvalue weighted by Gasteiger charge is 2.28. The summed E-state index contributed by atoms with van der Waals surface area (Å²) >= 11 is 0. The van der Waals surface area contributed by atoms with Gasteiger partial charge in [0, 0.05) is 37.1 Å². The second-order valence-corrected chi connectivity index (χ2v) is 6.95. The average Bonchev–Trinajstić information content (AvgIpc) is 3.39. The van der Waals surface area contributed by atoms with Crippen molar-refractivity contribution in [3.8, 4) is 17.0 Å². The summed E-state index contributed by atoms with van der Waals surface area (Å²) in [4.78, 5) is 19.1. The maximum atomic E-state index is 13.1. The van der Waals surface area contributed by atoms with E-state index in [1.807, 2.05) is 17.4 Å². The molecule has 2 aromatic heterocycles. The summed E-state index contributed by atoms with van der Waals surface area (Å²) in [6, 6.07) is 8.82. The van der Waals surface area contributed by atoms with Crippen molar-refractivity contribution in [2.75, 3.05) is 6.54 Å². The first-order chi connectivity index (χ1) is 13.2. The molecule has 140 valence electrons. The van der Waals surface area contributed by atoms with Gasteiger partial charge in [-0.25, -0.2) is 4.98 Å². The maximum Gasteiger partial charge on any atom is 0.272 e. The fourth-order valence-electron chi connectivity index (χ4n) is 3.65. The number of imidazole rings is 1. The number of aromatic hydroxyl groups is 1. The van der Waals surface area contributed by atoms with Crippen molar-refractivity contribution >= 4 is 5.91 Å². The standard InChI is InChI=1S/C20H23N5O2/c26-17-6-4-15(5-7-17)18-13-19(23-22-18)20(27)25-10-2-1-3-16(25)8-11-24-12-9-21-14-24/h4-7,9,12-14,16,26H,1-3,8,10-11H2,(H,22,23)/t16-/m0/s1. The lowest BCUT2D eigenvalue weighted by Gasteiger charge is -2.35. The Morgan fingerprint density at radius 3 is 2.89 bits per heavy atom. The average molecular weight is 365 g/mol. The SMILES string of the molecule is O=C(c1cc(-c2ccc(O)cc2)n[nH]1)N1CCCC[C@H]1CCn1ccnc1. The molecule has 0 bridgehead atoms. The topological polar surface area (TPSA) is 87.0 Å². The lowest BCUT2D eigenvalue weighted by atomic mass is 9.98. The molecule has 1 amide bonds. The number of nitrogens with one attached hydrogen (secondary N) is 1. The molecule has 0 aliphatic carbocycles. The van der Waals surface area contributed by atoms with Crippen LogP contribution in [0.2, 0.25) is 0 Å². The third-order valence-corrected chi connectivity index (χ3v) is 5.14. The number of carbonyl (C=O) groups excluding carboxylic acids is 1. The normalized spacial score (nSPS) is 17.2. The van der Waals surface area contributed by atoms with Crippen LogP contribution in [0, 0.1) is 0 Å². The van der Waals surface area contributed by atoms with Gasteiger partial charge in [-0.3, -0.25) is 9.89 Å². The van der Waals surface area contributed by atoms with Crippen molar-refractivity contribution in [1.82, 2.24) is 24.6 Å². The molecule has 1 aliphatic heterocycles. The number of rotatable bonds is 5. The maximum absolute atomic E-state index is 13.1. The number of phenols is 1. The minimum Gasteiger partial charge on any atom is -0.508 e. The van der Waals surface area contributed by atoms with Gasteiger partial charge in [-0.05, 0) is 56.0 Å². The largest absolute Gasteiger partial charge is 0.508 e. The fourth-order valence-corrected chi connectivity index (χ4v) is 3.65. The Morgan fingerprint density at radius 1 is 1.26 bits per heavy atom. The van der Waals surface area contributed by atoms with Crippen LogP contribution < -0.4 is 0 Å². The van der Waals surface area contributed by atoms with E-state index < -0.39 is 0 Å². The third kappa shape index (κ3) is 3.86. The van der Waals surface area contributed by atoms with E-state index in [-0.39, 0.29) is 17.7 Å². The van der Waals surface area contributed by atoms with E-state index in [0.717, 1.165) is 44.3 Å². The Kier molecular flexibility index (Phi) is 4.91. The van der Waals surface area contributed by atoms with E-state index in [4.69, 9.17) is 0 Å². The Balaban J connectivity index is 1.47. The van der Waals surface area contributed by atoms with Gasteiger partial charge >= 0.3 is 0 Å². The molecule has 1 saturated heterocycles. The van der Waals surface area contributed by atoms with Gasteiger partial charge in [-0.2, -0.15) is 5.10 Å². The van der Waals surface area contributed by atoms with Crippen molar-refractivity contribution in [1.29, 1.82) is 0 Å². The first kappa shape index (κ1) is 17.3. The third-order valence-electron chi connectivity index (χ3n) is 5.14. The fraction of sp³-hybridized carbons (Fsp3) is 0.350. The minimum absolute atomic E-state index is 0.00265. The molecule has 2 N–H and O–H groups in total. The highest BCUT2D eigenvalue weighted by atomic mass is 16.3. The quantitative estimate of drug-likeness (QED) is 0.727. The summed E-state index contributed by atoms with van der Waals surface area (Å²) in [5, 5.41) is 16.6. The van der Waals surface area contributed by atoms with Crippen molar-refractivity contribution < 1.29 is 9.90 Å². The van der Waals surface area contributed by atoms with Crippen LogP contribution in [0.4, 0.5) is 0 Å². The van der Waals surface area contributed by atoms with Gasteiger partial charge in [-0.1, -0.05) is 0 Å². The Bertz CT molecular complexity index is 886. The molecule has 1 aromatic carbocycles. The van der Waals surface area contributed by atoms with Gasteiger partial charge in [0.2, 0.25) is 0 Å². The summed E-state index contributed by atoms with van der Waals surface area (Å²) in [5.74, 6) is 0.211. The molecule has 3 aromatic rings. The number of piperidine rings is 1. The number of H-pyrrole nitrogens is 1. The lowest BCUT2D eigenvalue weighted by Crippen LogP contribution is -2.44. The number of aryl methyl sites for hydroxylation is 1. The molecule has 1 aliphatic rings. The zero-order valence-corrected chi connectivity index (χ0v) is 15.1. The monoisotopic (exact) mass is 365 g/mol. The molecule has 4 rings (SSSR count). The van der Waals surface area contributed by atoms with E-state index >= 15 is 0 Å². The van der Waals surface area contributed by atoms with E-state index in [1.54, 1.807) is 36.5 Å². The number of nitrogens with zero attached hydrogens (tertiary/aromatic N) is 4. The molecular weight excluding hydrogens is 342 g/mol. The van der Waals surface area contributed by atoms with Crippen molar-refractivity contribution in [3.63, 3.8) is 0 Å². The smallest absolute Gasteiger partial charge is 0.272 e. The number of aromatic nitrogens is 4. The molecule has 0 spiro atoms. The molecular formula is C20H23N5O2. The Hall–Kier alpha value is -3.09. The first-order valence-electron chi connectivity index (χ1n) is 9.32. The number of hydrogen-bond acceptors (Lipinski definition) is 4. The van der Waals surface area contributed by atoms with E-state index in [9.17, 15) is 9.90 Å². The number of benzene rings is 1. The molecule has 7 heteroatoms. The van der Waals surface area contributed by atoms with Crippen LogP contribution in [0.5, 0.6) is 5.75 Å². The van der Waals surface area contributed by atoms with Crippen LogP contribution in [-0.2, 0) is 6.54 Å². The van der Waals surface area contributed by atoms with Crippen LogP contribution in [0.3, 0.4) is 0 Å². The molecule has 1 fully saturated rings. The minimum atomic E-state index is 0.00265. The van der Waals surface area contributed by atoms with Crippen LogP contribution >= 0.6 is 0 Å². The molecule has 1 atom stereocenters. The number of carbonyl (C=O) groups is 1. The summed E-state index contributed by atoms with van der Waals surface area (Å²) in [6.45, 7) is 1.64. The van der Waals surface area contributed by atoms with Crippen molar-refractivity contribution in [3.05, 3.63) is 54.7 Å². The van der Waals surface area contributed by atoms with Gasteiger partial charge in [0.15, 0.2) is 0 Å². The summed E-state index contributed by atoms with van der Waals surface area (Å²) in [7, 11) is 0. The lowest BCUT2D eigenvalue weighted by molar-refractivity contribution is 0.0589. The van der Waals surface area contributed by atoms with Crippen LogP contribution in [0.15, 0.2) is 49.1 Å². The van der Waals surface area contributed by atoms with E-state index in [0.29, 0.717) is 11.4 Å². The number of phenolic OH excluding ortho intramolecular Hbond substituents is 1. The van der Waals surface area contributed by atoms with Crippen molar-refractivity contribution in [2.45, 2.75) is 38.3 Å². The highest BCUT2D eigenvalue weighted by molar-refractivity contribution is 5.93. The van der Waals surface area contributed by atoms with Crippen molar-refractivity contribution in [2.24, 2.45) is 0 Å². The van der Waals surface area contributed by atoms with Gasteiger partial charge in [-0.15, -0.1) is 0 Å². The summed E-state index contributed by atoms with van der Waals surface area (Å²) in [6.07, 6.45) is 9.67. The number of hydrogen-bond donors (Lipinski definition) is 2. The van der Waals surface area contributed by atoms with E-state index in [2.05, 4.69) is 19.7 Å². The molecule has 0 radical (unpaired) electrons. The molecule has 0 saturated carbocycles. The van der Waals surface area contributed by atoms with Gasteiger partial charge in [0.1, 0.15) is 11.4 Å². The van der Waals surface area contributed by atoms with Gasteiger partial charge < -0.3 is 14.6 Å². The van der Waals surface area contributed by atoms with Crippen LogP contribution in [0.1, 0.15) is 36.2 Å².